The molecule has 1 N–H and O–H groups in total. The third kappa shape index (κ3) is 6.28. The van der Waals surface area contributed by atoms with Gasteiger partial charge in [-0.1, -0.05) is 55.5 Å². The van der Waals surface area contributed by atoms with Crippen molar-refractivity contribution >= 4 is 72.1 Å². The first kappa shape index (κ1) is 28.9. The summed E-state index contributed by atoms with van der Waals surface area (Å²) in [6.45, 7) is 8.35. The zero-order chi connectivity index (χ0) is 30.5. The van der Waals surface area contributed by atoms with Gasteiger partial charge >= 0.3 is 0 Å². The first-order valence-corrected chi connectivity index (χ1v) is 15.4. The number of fused-ring (bicyclic) bond motifs is 2. The number of aryl methyl sites for hydroxylation is 2. The average Bonchev–Trinajstić information content (AvgIpc) is 3.58. The summed E-state index contributed by atoms with van der Waals surface area (Å²) in [6, 6.07) is 28.7. The zero-order valence-corrected chi connectivity index (χ0v) is 25.9. The molecule has 1 atom stereocenters. The lowest BCUT2D eigenvalue weighted by atomic mass is 10.1. The minimum absolute atomic E-state index is 0.381. The van der Waals surface area contributed by atoms with Crippen LogP contribution in [0.4, 0.5) is 39.3 Å². The first-order chi connectivity index (χ1) is 21.5. The highest BCUT2D eigenvalue weighted by atomic mass is 32.1. The van der Waals surface area contributed by atoms with Gasteiger partial charge in [0.15, 0.2) is 0 Å². The van der Waals surface area contributed by atoms with Crippen molar-refractivity contribution < 1.29 is 0 Å². The molecule has 0 fully saturated rings. The lowest BCUT2D eigenvalue weighted by Crippen LogP contribution is -2.13. The van der Waals surface area contributed by atoms with E-state index in [4.69, 9.17) is 10.2 Å². The molecule has 1 aromatic heterocycles. The van der Waals surface area contributed by atoms with Crippen LogP contribution in [0.3, 0.4) is 0 Å². The Morgan fingerprint density at radius 3 is 1.64 bits per heavy atom. The molecule has 1 unspecified atom stereocenters. The molecule has 8 nitrogen and oxygen atoms in total. The standard InChI is InChI=1S/C35H32N8S/c1-5-24(4)37-29-14-15-30(26-11-7-6-10-25(26)29)38-39-31-16-17-32(28-13-9-8-12-27(28)31)40-41-33-20-23(3)34(21-22(33)2)42-43-35-36-18-19-44-35/h6-21,24,37H,5H2,1-4H3/b39-38+,41-40+,43-42+. The Kier molecular flexibility index (Phi) is 8.56. The van der Waals surface area contributed by atoms with Crippen LogP contribution in [0.15, 0.2) is 127 Å². The fourth-order valence-electron chi connectivity index (χ4n) is 4.88. The van der Waals surface area contributed by atoms with E-state index < -0.39 is 0 Å². The largest absolute Gasteiger partial charge is 0.382 e. The van der Waals surface area contributed by atoms with Gasteiger partial charge in [-0.3, -0.25) is 0 Å². The van der Waals surface area contributed by atoms with Crippen LogP contribution in [0.2, 0.25) is 0 Å². The smallest absolute Gasteiger partial charge is 0.229 e. The number of aromatic nitrogens is 1. The summed E-state index contributed by atoms with van der Waals surface area (Å²) in [5.41, 5.74) is 6.94. The highest BCUT2D eigenvalue weighted by Crippen LogP contribution is 2.38. The van der Waals surface area contributed by atoms with E-state index in [9.17, 15) is 0 Å². The first-order valence-electron chi connectivity index (χ1n) is 14.6. The summed E-state index contributed by atoms with van der Waals surface area (Å²) >= 11 is 1.45. The Morgan fingerprint density at radius 1 is 0.636 bits per heavy atom. The summed E-state index contributed by atoms with van der Waals surface area (Å²) < 4.78 is 0. The number of hydrogen-bond acceptors (Lipinski definition) is 9. The van der Waals surface area contributed by atoms with Gasteiger partial charge < -0.3 is 5.32 Å². The highest BCUT2D eigenvalue weighted by molar-refractivity contribution is 7.13. The molecule has 0 aliphatic carbocycles. The Morgan fingerprint density at radius 2 is 1.11 bits per heavy atom. The average molecular weight is 597 g/mol. The molecule has 0 aliphatic rings. The minimum Gasteiger partial charge on any atom is -0.382 e. The van der Waals surface area contributed by atoms with Crippen molar-refractivity contribution in [2.45, 2.75) is 40.2 Å². The van der Waals surface area contributed by atoms with Gasteiger partial charge in [-0.25, -0.2) is 4.98 Å². The molecule has 0 radical (unpaired) electrons. The normalized spacial score (nSPS) is 12.7. The van der Waals surface area contributed by atoms with E-state index in [0.29, 0.717) is 11.2 Å². The van der Waals surface area contributed by atoms with Crippen LogP contribution in [0.25, 0.3) is 21.5 Å². The lowest BCUT2D eigenvalue weighted by Gasteiger charge is -2.15. The number of anilines is 1. The molecule has 0 aliphatic heterocycles. The van der Waals surface area contributed by atoms with Crippen molar-refractivity contribution in [1.82, 2.24) is 4.98 Å². The highest BCUT2D eigenvalue weighted by Gasteiger charge is 2.10. The summed E-state index contributed by atoms with van der Waals surface area (Å²) in [6.07, 6.45) is 2.76. The molecule has 218 valence electrons. The molecule has 44 heavy (non-hydrogen) atoms. The Labute approximate surface area is 260 Å². The summed E-state index contributed by atoms with van der Waals surface area (Å²) in [4.78, 5) is 4.16. The molecule has 0 amide bonds. The van der Waals surface area contributed by atoms with Crippen molar-refractivity contribution in [3.05, 3.63) is 108 Å². The molecule has 5 aromatic carbocycles. The van der Waals surface area contributed by atoms with Crippen molar-refractivity contribution in [2.24, 2.45) is 30.7 Å². The van der Waals surface area contributed by atoms with E-state index in [2.05, 4.69) is 68.9 Å². The van der Waals surface area contributed by atoms with E-state index in [-0.39, 0.29) is 0 Å². The summed E-state index contributed by atoms with van der Waals surface area (Å²) in [5.74, 6) is 0. The van der Waals surface area contributed by atoms with Gasteiger partial charge in [0.25, 0.3) is 0 Å². The predicted molar refractivity (Wildman–Crippen MR) is 182 cm³/mol. The van der Waals surface area contributed by atoms with Gasteiger partial charge in [-0.05, 0) is 74.7 Å². The topological polar surface area (TPSA) is 99.1 Å². The van der Waals surface area contributed by atoms with Crippen molar-refractivity contribution in [3.8, 4) is 0 Å². The molecule has 1 heterocycles. The molecular formula is C35H32N8S. The molecule has 0 saturated heterocycles. The molecule has 0 saturated carbocycles. The fourth-order valence-corrected chi connectivity index (χ4v) is 5.34. The van der Waals surface area contributed by atoms with Crippen LogP contribution in [0, 0.1) is 13.8 Å². The van der Waals surface area contributed by atoms with Gasteiger partial charge in [0.05, 0.1) is 28.4 Å². The van der Waals surface area contributed by atoms with Crippen LogP contribution in [-0.2, 0) is 0 Å². The number of benzene rings is 5. The lowest BCUT2D eigenvalue weighted by molar-refractivity contribution is 0.765. The Bertz CT molecular complexity index is 2030. The minimum atomic E-state index is 0.381. The number of thiazole rings is 1. The third-order valence-electron chi connectivity index (χ3n) is 7.50. The Hall–Kier alpha value is -5.15. The number of nitrogens with one attached hydrogen (secondary N) is 1. The van der Waals surface area contributed by atoms with Crippen LogP contribution >= 0.6 is 11.3 Å². The zero-order valence-electron chi connectivity index (χ0n) is 25.1. The summed E-state index contributed by atoms with van der Waals surface area (Å²) in [7, 11) is 0. The monoisotopic (exact) mass is 596 g/mol. The number of azo groups is 3. The van der Waals surface area contributed by atoms with E-state index in [0.717, 1.165) is 73.2 Å². The maximum absolute atomic E-state index is 4.70. The predicted octanol–water partition coefficient (Wildman–Crippen LogP) is 12.5. The SMILES string of the molecule is CCC(C)Nc1ccc(/N=N/c2ccc(/N=N/c3cc(C)c(/N=N/c4nccs4)cc3C)c3ccccc23)c2ccccc12. The van der Waals surface area contributed by atoms with Gasteiger partial charge in [0.2, 0.25) is 5.13 Å². The van der Waals surface area contributed by atoms with Crippen LogP contribution in [-0.4, -0.2) is 11.0 Å². The van der Waals surface area contributed by atoms with E-state index in [1.54, 1.807) is 6.20 Å². The van der Waals surface area contributed by atoms with Gasteiger partial charge in [-0.2, -0.15) is 5.11 Å². The molecular weight excluding hydrogens is 565 g/mol. The van der Waals surface area contributed by atoms with Crippen LogP contribution in [0.5, 0.6) is 0 Å². The number of rotatable bonds is 9. The van der Waals surface area contributed by atoms with E-state index in [1.165, 1.54) is 11.3 Å². The van der Waals surface area contributed by atoms with Crippen molar-refractivity contribution in [1.29, 1.82) is 0 Å². The maximum atomic E-state index is 4.70. The molecule has 0 bridgehead atoms. The maximum Gasteiger partial charge on any atom is 0.229 e. The second-order valence-corrected chi connectivity index (χ2v) is 11.5. The second kappa shape index (κ2) is 13.0. The van der Waals surface area contributed by atoms with Crippen molar-refractivity contribution in [2.75, 3.05) is 5.32 Å². The van der Waals surface area contributed by atoms with E-state index >= 15 is 0 Å². The van der Waals surface area contributed by atoms with Gasteiger partial charge in [0.1, 0.15) is 0 Å². The molecule has 0 spiro atoms. The number of hydrogen-bond donors (Lipinski definition) is 1. The van der Waals surface area contributed by atoms with Gasteiger partial charge in [0, 0.05) is 44.9 Å². The molecule has 6 rings (SSSR count). The third-order valence-corrected chi connectivity index (χ3v) is 8.16. The summed E-state index contributed by atoms with van der Waals surface area (Å²) in [5, 5.41) is 37.5. The van der Waals surface area contributed by atoms with Crippen molar-refractivity contribution in [3.63, 3.8) is 0 Å². The van der Waals surface area contributed by atoms with Crippen LogP contribution in [0.1, 0.15) is 31.4 Å². The Balaban J connectivity index is 1.29. The van der Waals surface area contributed by atoms with Crippen LogP contribution < -0.4 is 5.32 Å². The quantitative estimate of drug-likeness (QED) is 0.168. The van der Waals surface area contributed by atoms with E-state index in [1.807, 2.05) is 79.9 Å². The molecule has 6 aromatic rings. The second-order valence-electron chi connectivity index (χ2n) is 10.6. The fraction of sp³-hybridized carbons (Fsp3) is 0.171. The van der Waals surface area contributed by atoms with Gasteiger partial charge in [-0.15, -0.1) is 36.9 Å². The number of nitrogens with zero attached hydrogens (tertiary/aromatic N) is 7. The molecule has 9 heteroatoms.